The molecule has 1 heterocycles. The minimum absolute atomic E-state index is 0.0297. The van der Waals surface area contributed by atoms with E-state index in [0.717, 1.165) is 37.9 Å². The minimum Gasteiger partial charge on any atom is -0.337 e. The second-order valence-electron chi connectivity index (χ2n) is 6.29. The number of hydrogen-bond donors (Lipinski definition) is 1. The molecule has 1 aliphatic carbocycles. The summed E-state index contributed by atoms with van der Waals surface area (Å²) in [6.07, 6.45) is 5.67. The first-order valence-electron chi connectivity index (χ1n) is 7.99. The molecule has 1 saturated heterocycles. The van der Waals surface area contributed by atoms with Crippen molar-refractivity contribution < 1.29 is 9.18 Å². The van der Waals surface area contributed by atoms with Crippen molar-refractivity contribution in [3.05, 3.63) is 35.6 Å². The van der Waals surface area contributed by atoms with E-state index in [1.54, 1.807) is 12.1 Å². The third-order valence-corrected chi connectivity index (χ3v) is 4.38. The predicted molar refractivity (Wildman–Crippen MR) is 80.2 cm³/mol. The summed E-state index contributed by atoms with van der Waals surface area (Å²) in [7, 11) is 0. The van der Waals surface area contributed by atoms with Crippen molar-refractivity contribution in [1.82, 2.24) is 10.2 Å². The van der Waals surface area contributed by atoms with Crippen LogP contribution in [0.2, 0.25) is 0 Å². The summed E-state index contributed by atoms with van der Waals surface area (Å²) in [6, 6.07) is 6.45. The molecule has 1 amide bonds. The number of hydrogen-bond acceptors (Lipinski definition) is 2. The molecule has 1 unspecified atom stereocenters. The van der Waals surface area contributed by atoms with E-state index in [1.807, 2.05) is 4.90 Å². The summed E-state index contributed by atoms with van der Waals surface area (Å²) in [5.74, 6) is 0.650. The summed E-state index contributed by atoms with van der Waals surface area (Å²) in [5, 5.41) is 3.34. The highest BCUT2D eigenvalue weighted by Gasteiger charge is 2.30. The SMILES string of the molecule is O=C(C1CCCCN1)N(Cc1ccc(F)cc1)CC1CC1. The van der Waals surface area contributed by atoms with E-state index in [4.69, 9.17) is 0 Å². The first-order valence-corrected chi connectivity index (χ1v) is 7.99. The van der Waals surface area contributed by atoms with Crippen LogP contribution in [0.3, 0.4) is 0 Å². The van der Waals surface area contributed by atoms with Crippen LogP contribution in [0.5, 0.6) is 0 Å². The molecule has 3 rings (SSSR count). The molecule has 2 fully saturated rings. The highest BCUT2D eigenvalue weighted by molar-refractivity contribution is 5.82. The maximum absolute atomic E-state index is 13.0. The zero-order chi connectivity index (χ0) is 14.7. The van der Waals surface area contributed by atoms with Crippen molar-refractivity contribution in [2.75, 3.05) is 13.1 Å². The monoisotopic (exact) mass is 290 g/mol. The lowest BCUT2D eigenvalue weighted by Crippen LogP contribution is -2.48. The van der Waals surface area contributed by atoms with Gasteiger partial charge in [-0.25, -0.2) is 4.39 Å². The second-order valence-corrected chi connectivity index (χ2v) is 6.29. The van der Waals surface area contributed by atoms with Crippen LogP contribution in [0.4, 0.5) is 4.39 Å². The normalized spacial score (nSPS) is 22.0. The third kappa shape index (κ3) is 4.03. The quantitative estimate of drug-likeness (QED) is 0.904. The molecule has 1 N–H and O–H groups in total. The van der Waals surface area contributed by atoms with Gasteiger partial charge >= 0.3 is 0 Å². The zero-order valence-electron chi connectivity index (χ0n) is 12.4. The number of nitrogens with zero attached hydrogens (tertiary/aromatic N) is 1. The molecule has 0 aromatic heterocycles. The number of benzene rings is 1. The smallest absolute Gasteiger partial charge is 0.240 e. The highest BCUT2D eigenvalue weighted by atomic mass is 19.1. The number of carbonyl (C=O) groups excluding carboxylic acids is 1. The van der Waals surface area contributed by atoms with E-state index in [-0.39, 0.29) is 17.8 Å². The van der Waals surface area contributed by atoms with Crippen LogP contribution in [0.25, 0.3) is 0 Å². The predicted octanol–water partition coefficient (Wildman–Crippen LogP) is 2.71. The van der Waals surface area contributed by atoms with Gasteiger partial charge in [0.2, 0.25) is 5.91 Å². The molecule has 1 aliphatic heterocycles. The average molecular weight is 290 g/mol. The van der Waals surface area contributed by atoms with Crippen LogP contribution in [-0.2, 0) is 11.3 Å². The number of carbonyl (C=O) groups is 1. The van der Waals surface area contributed by atoms with Crippen LogP contribution in [-0.4, -0.2) is 29.9 Å². The van der Waals surface area contributed by atoms with Crippen LogP contribution >= 0.6 is 0 Å². The van der Waals surface area contributed by atoms with Gasteiger partial charge in [0.1, 0.15) is 5.82 Å². The molecule has 0 radical (unpaired) electrons. The van der Waals surface area contributed by atoms with E-state index >= 15 is 0 Å². The molecule has 1 aromatic carbocycles. The standard InChI is InChI=1S/C17H23FN2O/c18-15-8-6-14(7-9-15)12-20(11-13-4-5-13)17(21)16-3-1-2-10-19-16/h6-9,13,16,19H,1-5,10-12H2. The lowest BCUT2D eigenvalue weighted by molar-refractivity contribution is -0.135. The second kappa shape index (κ2) is 6.56. The van der Waals surface area contributed by atoms with E-state index in [2.05, 4.69) is 5.32 Å². The van der Waals surface area contributed by atoms with Gasteiger partial charge in [-0.3, -0.25) is 4.79 Å². The van der Waals surface area contributed by atoms with Crippen molar-refractivity contribution in [2.45, 2.75) is 44.7 Å². The number of piperidine rings is 1. The zero-order valence-corrected chi connectivity index (χ0v) is 12.4. The Morgan fingerprint density at radius 3 is 2.57 bits per heavy atom. The topological polar surface area (TPSA) is 32.3 Å². The van der Waals surface area contributed by atoms with Crippen molar-refractivity contribution >= 4 is 5.91 Å². The number of rotatable bonds is 5. The van der Waals surface area contributed by atoms with Gasteiger partial charge in [-0.2, -0.15) is 0 Å². The van der Waals surface area contributed by atoms with Gasteiger partial charge in [0.05, 0.1) is 6.04 Å². The summed E-state index contributed by atoms with van der Waals surface area (Å²) < 4.78 is 13.0. The Kier molecular flexibility index (Phi) is 4.54. The van der Waals surface area contributed by atoms with Crippen molar-refractivity contribution in [3.8, 4) is 0 Å². The van der Waals surface area contributed by atoms with Crippen molar-refractivity contribution in [1.29, 1.82) is 0 Å². The Balaban J connectivity index is 1.67. The fraction of sp³-hybridized carbons (Fsp3) is 0.588. The summed E-state index contributed by atoms with van der Waals surface area (Å²) >= 11 is 0. The summed E-state index contributed by atoms with van der Waals surface area (Å²) in [4.78, 5) is 14.7. The number of halogens is 1. The molecule has 1 saturated carbocycles. The maximum Gasteiger partial charge on any atom is 0.240 e. The van der Waals surface area contributed by atoms with Crippen LogP contribution < -0.4 is 5.32 Å². The van der Waals surface area contributed by atoms with Crippen LogP contribution in [0.1, 0.15) is 37.7 Å². The van der Waals surface area contributed by atoms with Crippen molar-refractivity contribution in [2.24, 2.45) is 5.92 Å². The molecule has 21 heavy (non-hydrogen) atoms. The van der Waals surface area contributed by atoms with Gasteiger partial charge in [-0.1, -0.05) is 18.6 Å². The Hall–Kier alpha value is -1.42. The van der Waals surface area contributed by atoms with Gasteiger partial charge < -0.3 is 10.2 Å². The molecule has 1 atom stereocenters. The molecular weight excluding hydrogens is 267 g/mol. The minimum atomic E-state index is -0.229. The Morgan fingerprint density at radius 1 is 1.19 bits per heavy atom. The first kappa shape index (κ1) is 14.5. The summed E-state index contributed by atoms with van der Waals surface area (Å²) in [5.41, 5.74) is 1.00. The highest BCUT2D eigenvalue weighted by Crippen LogP contribution is 2.30. The van der Waals surface area contributed by atoms with Gasteiger partial charge in [0, 0.05) is 13.1 Å². The Bertz CT molecular complexity index is 478. The molecule has 1 aromatic rings. The molecular formula is C17H23FN2O. The van der Waals surface area contributed by atoms with E-state index in [9.17, 15) is 9.18 Å². The average Bonchev–Trinajstić information content (AvgIpc) is 3.33. The lowest BCUT2D eigenvalue weighted by atomic mass is 10.0. The summed E-state index contributed by atoms with van der Waals surface area (Å²) in [6.45, 7) is 2.37. The van der Waals surface area contributed by atoms with Crippen LogP contribution in [0.15, 0.2) is 24.3 Å². The van der Waals surface area contributed by atoms with Gasteiger partial charge in [-0.05, 0) is 55.8 Å². The molecule has 114 valence electrons. The van der Waals surface area contributed by atoms with Gasteiger partial charge in [0.15, 0.2) is 0 Å². The van der Waals surface area contributed by atoms with Crippen LogP contribution in [0, 0.1) is 11.7 Å². The van der Waals surface area contributed by atoms with Gasteiger partial charge in [0.25, 0.3) is 0 Å². The fourth-order valence-corrected chi connectivity index (χ4v) is 2.94. The molecule has 4 heteroatoms. The van der Waals surface area contributed by atoms with Crippen molar-refractivity contribution in [3.63, 3.8) is 0 Å². The number of nitrogens with one attached hydrogen (secondary N) is 1. The Morgan fingerprint density at radius 2 is 1.95 bits per heavy atom. The first-order chi connectivity index (χ1) is 10.2. The largest absolute Gasteiger partial charge is 0.337 e. The molecule has 2 aliphatic rings. The van der Waals surface area contributed by atoms with E-state index in [1.165, 1.54) is 25.0 Å². The molecule has 0 spiro atoms. The maximum atomic E-state index is 13.0. The van der Waals surface area contributed by atoms with E-state index in [0.29, 0.717) is 12.5 Å². The molecule has 0 bridgehead atoms. The third-order valence-electron chi connectivity index (χ3n) is 4.38. The lowest BCUT2D eigenvalue weighted by Gasteiger charge is -2.30. The van der Waals surface area contributed by atoms with E-state index < -0.39 is 0 Å². The van der Waals surface area contributed by atoms with Gasteiger partial charge in [-0.15, -0.1) is 0 Å². The Labute approximate surface area is 125 Å². The molecule has 3 nitrogen and oxygen atoms in total. The number of amides is 1. The fourth-order valence-electron chi connectivity index (χ4n) is 2.94.